The van der Waals surface area contributed by atoms with Crippen molar-refractivity contribution in [2.45, 2.75) is 36.1 Å². The lowest BCUT2D eigenvalue weighted by atomic mass is 9.86. The van der Waals surface area contributed by atoms with Crippen LogP contribution in [0.25, 0.3) is 0 Å². The Morgan fingerprint density at radius 1 is 1.50 bits per heavy atom. The van der Waals surface area contributed by atoms with Crippen LogP contribution >= 0.6 is 11.8 Å². The molecule has 1 fully saturated rings. The molecule has 1 aromatic rings. The fourth-order valence-electron chi connectivity index (χ4n) is 2.81. The summed E-state index contributed by atoms with van der Waals surface area (Å²) in [6.45, 7) is 0. The van der Waals surface area contributed by atoms with E-state index in [2.05, 4.69) is 0 Å². The Morgan fingerprint density at radius 3 is 2.85 bits per heavy atom. The summed E-state index contributed by atoms with van der Waals surface area (Å²) in [6, 6.07) is 6.45. The molecule has 1 aliphatic rings. The van der Waals surface area contributed by atoms with E-state index in [-0.39, 0.29) is 17.7 Å². The van der Waals surface area contributed by atoms with Gasteiger partial charge in [-0.2, -0.15) is 0 Å². The van der Waals surface area contributed by atoms with Gasteiger partial charge in [0.25, 0.3) is 0 Å². The van der Waals surface area contributed by atoms with E-state index in [9.17, 15) is 9.18 Å². The summed E-state index contributed by atoms with van der Waals surface area (Å²) in [7, 11) is 1.39. The van der Waals surface area contributed by atoms with Crippen LogP contribution in [0.15, 0.2) is 29.2 Å². The molecule has 5 heteroatoms. The van der Waals surface area contributed by atoms with Crippen molar-refractivity contribution in [3.63, 3.8) is 0 Å². The third-order valence-electron chi connectivity index (χ3n) is 3.99. The first-order chi connectivity index (χ1) is 9.56. The van der Waals surface area contributed by atoms with Crippen molar-refractivity contribution >= 4 is 17.7 Å². The molecular formula is C15H20FNO2S. The molecule has 0 radical (unpaired) electrons. The van der Waals surface area contributed by atoms with E-state index in [4.69, 9.17) is 10.5 Å². The van der Waals surface area contributed by atoms with Crippen LogP contribution < -0.4 is 5.73 Å². The van der Waals surface area contributed by atoms with E-state index in [1.807, 2.05) is 0 Å². The molecule has 0 bridgehead atoms. The average molecular weight is 297 g/mol. The van der Waals surface area contributed by atoms with Crippen LogP contribution in [0, 0.1) is 11.7 Å². The summed E-state index contributed by atoms with van der Waals surface area (Å²) in [4.78, 5) is 12.9. The Morgan fingerprint density at radius 2 is 2.20 bits per heavy atom. The maximum Gasteiger partial charge on any atom is 0.326 e. The Kier molecular flexibility index (Phi) is 5.05. The number of esters is 1. The lowest BCUT2D eigenvalue weighted by molar-refractivity contribution is -0.148. The van der Waals surface area contributed by atoms with Gasteiger partial charge in [0, 0.05) is 4.90 Å². The topological polar surface area (TPSA) is 52.3 Å². The monoisotopic (exact) mass is 297 g/mol. The van der Waals surface area contributed by atoms with E-state index >= 15 is 0 Å². The van der Waals surface area contributed by atoms with Gasteiger partial charge >= 0.3 is 5.97 Å². The second kappa shape index (κ2) is 6.59. The van der Waals surface area contributed by atoms with Crippen LogP contribution in [0.1, 0.15) is 25.7 Å². The van der Waals surface area contributed by atoms with Crippen molar-refractivity contribution in [3.05, 3.63) is 30.1 Å². The minimum Gasteiger partial charge on any atom is -0.468 e. The summed E-state index contributed by atoms with van der Waals surface area (Å²) >= 11 is 1.66. The Balaban J connectivity index is 1.87. The quantitative estimate of drug-likeness (QED) is 0.670. The van der Waals surface area contributed by atoms with Crippen LogP contribution in [0.3, 0.4) is 0 Å². The van der Waals surface area contributed by atoms with Crippen LogP contribution in [0.2, 0.25) is 0 Å². The van der Waals surface area contributed by atoms with Crippen molar-refractivity contribution in [1.29, 1.82) is 0 Å². The van der Waals surface area contributed by atoms with Crippen molar-refractivity contribution in [1.82, 2.24) is 0 Å². The van der Waals surface area contributed by atoms with Gasteiger partial charge in [-0.15, -0.1) is 11.8 Å². The molecule has 1 aromatic carbocycles. The highest BCUT2D eigenvalue weighted by Gasteiger charge is 2.46. The van der Waals surface area contributed by atoms with Crippen LogP contribution in [0.4, 0.5) is 4.39 Å². The maximum atomic E-state index is 12.8. The molecule has 20 heavy (non-hydrogen) atoms. The molecule has 0 amide bonds. The van der Waals surface area contributed by atoms with Crippen molar-refractivity contribution in [3.8, 4) is 0 Å². The molecule has 110 valence electrons. The lowest BCUT2D eigenvalue weighted by Crippen LogP contribution is -2.51. The molecule has 2 rings (SSSR count). The second-order valence-corrected chi connectivity index (χ2v) is 6.38. The normalized spacial score (nSPS) is 25.6. The molecule has 1 saturated carbocycles. The molecule has 2 N–H and O–H groups in total. The number of hydrogen-bond acceptors (Lipinski definition) is 4. The third-order valence-corrected chi connectivity index (χ3v) is 5.03. The largest absolute Gasteiger partial charge is 0.468 e. The number of benzene rings is 1. The Bertz CT molecular complexity index is 465. The van der Waals surface area contributed by atoms with Crippen molar-refractivity contribution in [2.75, 3.05) is 12.9 Å². The molecule has 0 spiro atoms. The first kappa shape index (κ1) is 15.3. The SMILES string of the molecule is COC(=O)C1(N)CCCC1CCSc1ccc(F)cc1. The van der Waals surface area contributed by atoms with Gasteiger partial charge in [-0.3, -0.25) is 4.79 Å². The zero-order valence-electron chi connectivity index (χ0n) is 11.6. The molecule has 0 aliphatic heterocycles. The number of halogens is 1. The number of ether oxygens (including phenoxy) is 1. The van der Waals surface area contributed by atoms with E-state index in [1.165, 1.54) is 19.2 Å². The summed E-state index contributed by atoms with van der Waals surface area (Å²) in [5.41, 5.74) is 5.40. The van der Waals surface area contributed by atoms with Gasteiger partial charge in [-0.05, 0) is 55.2 Å². The van der Waals surface area contributed by atoms with Gasteiger partial charge in [-0.25, -0.2) is 4.39 Å². The van der Waals surface area contributed by atoms with Gasteiger partial charge < -0.3 is 10.5 Å². The highest BCUT2D eigenvalue weighted by atomic mass is 32.2. The summed E-state index contributed by atoms with van der Waals surface area (Å²) in [5, 5.41) is 0. The number of thioether (sulfide) groups is 1. The number of rotatable bonds is 5. The molecule has 0 saturated heterocycles. The van der Waals surface area contributed by atoms with Gasteiger partial charge in [0.05, 0.1) is 7.11 Å². The maximum absolute atomic E-state index is 12.8. The van der Waals surface area contributed by atoms with E-state index in [0.29, 0.717) is 6.42 Å². The van der Waals surface area contributed by atoms with E-state index < -0.39 is 5.54 Å². The zero-order chi connectivity index (χ0) is 14.6. The fourth-order valence-corrected chi connectivity index (χ4v) is 3.78. The highest BCUT2D eigenvalue weighted by Crippen LogP contribution is 2.38. The van der Waals surface area contributed by atoms with Crippen molar-refractivity contribution in [2.24, 2.45) is 11.7 Å². The van der Waals surface area contributed by atoms with E-state index in [1.54, 1.807) is 23.9 Å². The molecule has 0 aromatic heterocycles. The standard InChI is InChI=1S/C15H20FNO2S/c1-19-14(18)15(17)9-2-3-11(15)8-10-20-13-6-4-12(16)5-7-13/h4-7,11H,2-3,8-10,17H2,1H3. The number of methoxy groups -OCH3 is 1. The van der Waals surface area contributed by atoms with Gasteiger partial charge in [0.1, 0.15) is 11.4 Å². The fraction of sp³-hybridized carbons (Fsp3) is 0.533. The lowest BCUT2D eigenvalue weighted by Gasteiger charge is -2.28. The predicted molar refractivity (Wildman–Crippen MR) is 78.0 cm³/mol. The van der Waals surface area contributed by atoms with Gasteiger partial charge in [0.2, 0.25) is 0 Å². The highest BCUT2D eigenvalue weighted by molar-refractivity contribution is 7.99. The van der Waals surface area contributed by atoms with E-state index in [0.717, 1.165) is 29.9 Å². The zero-order valence-corrected chi connectivity index (χ0v) is 12.4. The van der Waals surface area contributed by atoms with Crippen LogP contribution in [-0.4, -0.2) is 24.4 Å². The molecule has 2 atom stereocenters. The summed E-state index contributed by atoms with van der Waals surface area (Å²) in [6.07, 6.45) is 3.51. The molecule has 2 unspecified atom stereocenters. The van der Waals surface area contributed by atoms with Gasteiger partial charge in [0.15, 0.2) is 0 Å². The van der Waals surface area contributed by atoms with Crippen molar-refractivity contribution < 1.29 is 13.9 Å². The second-order valence-electron chi connectivity index (χ2n) is 5.21. The average Bonchev–Trinajstić information content (AvgIpc) is 2.83. The number of carbonyl (C=O) groups is 1. The third kappa shape index (κ3) is 3.33. The Hall–Kier alpha value is -1.07. The minimum atomic E-state index is -0.821. The number of carbonyl (C=O) groups excluding carboxylic acids is 1. The molecular weight excluding hydrogens is 277 g/mol. The number of nitrogens with two attached hydrogens (primary N) is 1. The number of hydrogen-bond donors (Lipinski definition) is 1. The molecule has 3 nitrogen and oxygen atoms in total. The predicted octanol–water partition coefficient (Wildman–Crippen LogP) is 2.98. The van der Waals surface area contributed by atoms with Crippen LogP contribution in [-0.2, 0) is 9.53 Å². The molecule has 0 heterocycles. The van der Waals surface area contributed by atoms with Crippen LogP contribution in [0.5, 0.6) is 0 Å². The Labute approximate surface area is 123 Å². The minimum absolute atomic E-state index is 0.169. The summed E-state index contributed by atoms with van der Waals surface area (Å²) < 4.78 is 17.6. The molecule has 1 aliphatic carbocycles. The first-order valence-corrected chi connectivity index (χ1v) is 7.80. The smallest absolute Gasteiger partial charge is 0.326 e. The first-order valence-electron chi connectivity index (χ1n) is 6.82. The summed E-state index contributed by atoms with van der Waals surface area (Å²) in [5.74, 6) is 0.512. The van der Waals surface area contributed by atoms with Gasteiger partial charge in [-0.1, -0.05) is 6.42 Å².